The van der Waals surface area contributed by atoms with Crippen molar-refractivity contribution in [3.05, 3.63) is 64.9 Å². The Morgan fingerprint density at radius 1 is 1.18 bits per heavy atom. The van der Waals surface area contributed by atoms with Crippen LogP contribution in [0.25, 0.3) is 5.82 Å². The molecule has 1 amide bonds. The number of aromatic nitrogens is 4. The zero-order valence-electron chi connectivity index (χ0n) is 11.1. The molecule has 0 radical (unpaired) electrons. The molecule has 0 fully saturated rings. The number of rotatable bonds is 3. The fourth-order valence-electron chi connectivity index (χ4n) is 1.81. The van der Waals surface area contributed by atoms with Crippen LogP contribution in [0.2, 0.25) is 10.0 Å². The number of benzene rings is 1. The first-order chi connectivity index (χ1) is 10.6. The van der Waals surface area contributed by atoms with Gasteiger partial charge in [-0.25, -0.2) is 15.0 Å². The molecular weight excluding hydrogens is 325 g/mol. The van der Waals surface area contributed by atoms with Gasteiger partial charge in [0.05, 0.1) is 10.6 Å². The second-order valence-electron chi connectivity index (χ2n) is 4.31. The van der Waals surface area contributed by atoms with Gasteiger partial charge in [-0.05, 0) is 18.2 Å². The summed E-state index contributed by atoms with van der Waals surface area (Å²) >= 11 is 11.9. The minimum Gasteiger partial charge on any atom is -0.306 e. The van der Waals surface area contributed by atoms with Crippen LogP contribution in [0.4, 0.5) is 5.82 Å². The topological polar surface area (TPSA) is 72.7 Å². The van der Waals surface area contributed by atoms with E-state index < -0.39 is 5.91 Å². The molecule has 3 rings (SSSR count). The second-order valence-corrected chi connectivity index (χ2v) is 5.15. The number of nitrogens with zero attached hydrogens (tertiary/aromatic N) is 4. The largest absolute Gasteiger partial charge is 0.306 e. The van der Waals surface area contributed by atoms with Crippen LogP contribution in [0.5, 0.6) is 0 Å². The summed E-state index contributed by atoms with van der Waals surface area (Å²) in [6.07, 6.45) is 6.32. The van der Waals surface area contributed by atoms with Gasteiger partial charge in [-0.2, -0.15) is 0 Å². The van der Waals surface area contributed by atoms with E-state index in [1.165, 1.54) is 12.4 Å². The van der Waals surface area contributed by atoms with Crippen LogP contribution >= 0.6 is 23.2 Å². The third-order valence-electron chi connectivity index (χ3n) is 2.84. The van der Waals surface area contributed by atoms with Gasteiger partial charge in [0.1, 0.15) is 24.3 Å². The van der Waals surface area contributed by atoms with Crippen molar-refractivity contribution in [2.24, 2.45) is 0 Å². The van der Waals surface area contributed by atoms with E-state index >= 15 is 0 Å². The lowest BCUT2D eigenvalue weighted by atomic mass is 10.2. The zero-order chi connectivity index (χ0) is 15.5. The predicted molar refractivity (Wildman–Crippen MR) is 83.6 cm³/mol. The average molecular weight is 334 g/mol. The Balaban J connectivity index is 1.85. The first-order valence-corrected chi connectivity index (χ1v) is 6.96. The first kappa shape index (κ1) is 14.5. The maximum Gasteiger partial charge on any atom is 0.258 e. The van der Waals surface area contributed by atoms with E-state index in [1.54, 1.807) is 41.5 Å². The van der Waals surface area contributed by atoms with Crippen LogP contribution in [-0.4, -0.2) is 25.4 Å². The van der Waals surface area contributed by atoms with E-state index in [2.05, 4.69) is 20.3 Å². The molecule has 0 aliphatic rings. The van der Waals surface area contributed by atoms with Gasteiger partial charge < -0.3 is 5.32 Å². The van der Waals surface area contributed by atoms with E-state index in [1.807, 2.05) is 0 Å². The van der Waals surface area contributed by atoms with Crippen molar-refractivity contribution in [2.75, 3.05) is 5.32 Å². The molecule has 0 spiro atoms. The molecule has 0 saturated carbocycles. The van der Waals surface area contributed by atoms with Crippen molar-refractivity contribution in [1.29, 1.82) is 0 Å². The SMILES string of the molecule is O=C(Nc1cc(-n2ccnc2)ncn1)c1cc(Cl)ccc1Cl. The standard InChI is InChI=1S/C14H9Cl2N5O/c15-9-1-2-11(16)10(5-9)14(22)20-12-6-13(19-7-18-12)21-4-3-17-8-21/h1-8H,(H,18,19,20,22). The van der Waals surface area contributed by atoms with Gasteiger partial charge in [0, 0.05) is 23.5 Å². The van der Waals surface area contributed by atoms with Gasteiger partial charge in [-0.15, -0.1) is 0 Å². The Hall–Kier alpha value is -2.44. The minimum absolute atomic E-state index is 0.275. The van der Waals surface area contributed by atoms with E-state index in [-0.39, 0.29) is 5.56 Å². The second kappa shape index (κ2) is 6.13. The zero-order valence-corrected chi connectivity index (χ0v) is 12.6. The highest BCUT2D eigenvalue weighted by Crippen LogP contribution is 2.21. The normalized spacial score (nSPS) is 10.5. The average Bonchev–Trinajstić information content (AvgIpc) is 3.04. The summed E-state index contributed by atoms with van der Waals surface area (Å²) in [6.45, 7) is 0. The molecule has 0 aliphatic carbocycles. The minimum atomic E-state index is -0.400. The van der Waals surface area contributed by atoms with Crippen molar-refractivity contribution in [1.82, 2.24) is 19.5 Å². The van der Waals surface area contributed by atoms with Gasteiger partial charge >= 0.3 is 0 Å². The number of carbonyl (C=O) groups excluding carboxylic acids is 1. The van der Waals surface area contributed by atoms with Crippen molar-refractivity contribution < 1.29 is 4.79 Å². The number of imidazole rings is 1. The van der Waals surface area contributed by atoms with Crippen molar-refractivity contribution >= 4 is 34.9 Å². The van der Waals surface area contributed by atoms with Crippen LogP contribution in [0.1, 0.15) is 10.4 Å². The van der Waals surface area contributed by atoms with Crippen LogP contribution in [-0.2, 0) is 0 Å². The highest BCUT2D eigenvalue weighted by atomic mass is 35.5. The van der Waals surface area contributed by atoms with Crippen molar-refractivity contribution in [3.63, 3.8) is 0 Å². The Morgan fingerprint density at radius 2 is 2.05 bits per heavy atom. The van der Waals surface area contributed by atoms with E-state index in [4.69, 9.17) is 23.2 Å². The molecule has 0 saturated heterocycles. The van der Waals surface area contributed by atoms with E-state index in [0.29, 0.717) is 21.7 Å². The summed E-state index contributed by atoms with van der Waals surface area (Å²) in [5.41, 5.74) is 0.275. The van der Waals surface area contributed by atoms with E-state index in [9.17, 15) is 4.79 Å². The molecule has 0 unspecified atom stereocenters. The third kappa shape index (κ3) is 3.08. The summed E-state index contributed by atoms with van der Waals surface area (Å²) in [7, 11) is 0. The number of hydrogen-bond donors (Lipinski definition) is 1. The summed E-state index contributed by atoms with van der Waals surface area (Å²) in [4.78, 5) is 24.3. The maximum absolute atomic E-state index is 12.3. The summed E-state index contributed by atoms with van der Waals surface area (Å²) in [5, 5.41) is 3.40. The number of nitrogens with one attached hydrogen (secondary N) is 1. The lowest BCUT2D eigenvalue weighted by Crippen LogP contribution is -2.14. The predicted octanol–water partition coefficient (Wildman–Crippen LogP) is 3.22. The maximum atomic E-state index is 12.3. The smallest absolute Gasteiger partial charge is 0.258 e. The fourth-order valence-corrected chi connectivity index (χ4v) is 2.18. The van der Waals surface area contributed by atoms with Crippen LogP contribution in [0, 0.1) is 0 Å². The molecule has 0 bridgehead atoms. The number of anilines is 1. The van der Waals surface area contributed by atoms with Gasteiger partial charge in [-0.3, -0.25) is 9.36 Å². The van der Waals surface area contributed by atoms with Gasteiger partial charge in [0.15, 0.2) is 0 Å². The van der Waals surface area contributed by atoms with Gasteiger partial charge in [-0.1, -0.05) is 23.2 Å². The summed E-state index contributed by atoms with van der Waals surface area (Å²) in [5.74, 6) is 0.530. The first-order valence-electron chi connectivity index (χ1n) is 6.20. The van der Waals surface area contributed by atoms with Gasteiger partial charge in [0.25, 0.3) is 5.91 Å². The lowest BCUT2D eigenvalue weighted by molar-refractivity contribution is 0.102. The van der Waals surface area contributed by atoms with E-state index in [0.717, 1.165) is 0 Å². The van der Waals surface area contributed by atoms with Gasteiger partial charge in [0.2, 0.25) is 0 Å². The van der Waals surface area contributed by atoms with Crippen LogP contribution in [0.3, 0.4) is 0 Å². The Bertz CT molecular complexity index is 820. The highest BCUT2D eigenvalue weighted by Gasteiger charge is 2.12. The lowest BCUT2D eigenvalue weighted by Gasteiger charge is -2.07. The molecule has 22 heavy (non-hydrogen) atoms. The molecule has 0 aliphatic heterocycles. The highest BCUT2D eigenvalue weighted by molar-refractivity contribution is 6.36. The number of hydrogen-bond acceptors (Lipinski definition) is 4. The Kier molecular flexibility index (Phi) is 4.04. The molecule has 2 heterocycles. The Labute approximate surface area is 135 Å². The van der Waals surface area contributed by atoms with Crippen LogP contribution in [0.15, 0.2) is 49.3 Å². The number of amides is 1. The number of halogens is 2. The molecule has 1 N–H and O–H groups in total. The molecular formula is C14H9Cl2N5O. The molecule has 0 atom stereocenters. The molecule has 1 aromatic carbocycles. The van der Waals surface area contributed by atoms with Crippen molar-refractivity contribution in [2.45, 2.75) is 0 Å². The molecule has 2 aromatic heterocycles. The third-order valence-corrected chi connectivity index (χ3v) is 3.40. The Morgan fingerprint density at radius 3 is 2.82 bits per heavy atom. The fraction of sp³-hybridized carbons (Fsp3) is 0. The molecule has 8 heteroatoms. The van der Waals surface area contributed by atoms with Crippen LogP contribution < -0.4 is 5.32 Å². The quantitative estimate of drug-likeness (QED) is 0.798. The number of carbonyl (C=O) groups is 1. The summed E-state index contributed by atoms with van der Waals surface area (Å²) in [6, 6.07) is 6.30. The monoisotopic (exact) mass is 333 g/mol. The summed E-state index contributed by atoms with van der Waals surface area (Å²) < 4.78 is 1.70. The molecule has 6 nitrogen and oxygen atoms in total. The molecule has 3 aromatic rings. The molecule has 110 valence electrons. The van der Waals surface area contributed by atoms with Crippen molar-refractivity contribution in [3.8, 4) is 5.82 Å².